The topological polar surface area (TPSA) is 65.0 Å². The number of hydrogen-bond donors (Lipinski definition) is 3. The highest BCUT2D eigenvalue weighted by atomic mass is 35.5. The Labute approximate surface area is 136 Å². The Kier molecular flexibility index (Phi) is 6.86. The summed E-state index contributed by atoms with van der Waals surface area (Å²) in [6, 6.07) is 16.9. The number of amides is 1. The molecule has 0 aliphatic heterocycles. The molecule has 0 unspecified atom stereocenters. The molecule has 0 aromatic heterocycles. The van der Waals surface area contributed by atoms with Gasteiger partial charge in [0.05, 0.1) is 0 Å². The predicted octanol–water partition coefficient (Wildman–Crippen LogP) is 3.65. The lowest BCUT2D eigenvalue weighted by atomic mass is 10.2. The molecule has 2 rings (SSSR count). The highest BCUT2D eigenvalue weighted by Crippen LogP contribution is 2.10. The van der Waals surface area contributed by atoms with Crippen LogP contribution in [-0.2, 0) is 4.79 Å². The van der Waals surface area contributed by atoms with Crippen molar-refractivity contribution in [3.05, 3.63) is 71.9 Å². The first-order chi connectivity index (χ1) is 10.1. The van der Waals surface area contributed by atoms with E-state index in [1.54, 1.807) is 6.20 Å². The van der Waals surface area contributed by atoms with E-state index in [1.807, 2.05) is 60.7 Å². The van der Waals surface area contributed by atoms with Crippen LogP contribution in [0, 0.1) is 5.41 Å². The standard InChI is InChI=1S/C17H17N3O.ClH/c1-13(21)20-16-9-7-14(8-10-16)11-12-19-17(18)15-5-3-2-4-6-15;/h2-12H,1H3,(H2,18,19)(H,20,21);1H/b12-11+;. The molecule has 3 N–H and O–H groups in total. The number of nitrogens with one attached hydrogen (secondary N) is 3. The second-order valence-corrected chi connectivity index (χ2v) is 4.52. The van der Waals surface area contributed by atoms with Gasteiger partial charge in [-0.1, -0.05) is 42.5 Å². The first kappa shape index (κ1) is 17.5. The lowest BCUT2D eigenvalue weighted by molar-refractivity contribution is -0.114. The summed E-state index contributed by atoms with van der Waals surface area (Å²) >= 11 is 0. The normalized spacial score (nSPS) is 9.86. The number of carbonyl (C=O) groups excluding carboxylic acids is 1. The number of rotatable bonds is 4. The van der Waals surface area contributed by atoms with E-state index >= 15 is 0 Å². The number of anilines is 1. The van der Waals surface area contributed by atoms with E-state index in [-0.39, 0.29) is 18.3 Å². The average Bonchev–Trinajstić information content (AvgIpc) is 2.49. The van der Waals surface area contributed by atoms with Crippen LogP contribution in [0.25, 0.3) is 6.08 Å². The molecular formula is C17H18ClN3O. The van der Waals surface area contributed by atoms with Gasteiger partial charge in [0.2, 0.25) is 5.91 Å². The second kappa shape index (κ2) is 8.64. The molecule has 0 bridgehead atoms. The number of amidine groups is 1. The molecule has 5 heteroatoms. The van der Waals surface area contributed by atoms with Crippen LogP contribution in [0.1, 0.15) is 18.1 Å². The molecule has 22 heavy (non-hydrogen) atoms. The summed E-state index contributed by atoms with van der Waals surface area (Å²) in [4.78, 5) is 10.9. The number of hydrogen-bond acceptors (Lipinski definition) is 2. The molecule has 0 atom stereocenters. The maximum atomic E-state index is 10.9. The lowest BCUT2D eigenvalue weighted by Crippen LogP contribution is -2.16. The molecule has 2 aromatic carbocycles. The van der Waals surface area contributed by atoms with Crippen LogP contribution in [-0.4, -0.2) is 11.7 Å². The molecule has 0 radical (unpaired) electrons. The summed E-state index contributed by atoms with van der Waals surface area (Å²) in [6.07, 6.45) is 3.60. The molecule has 1 amide bonds. The predicted molar refractivity (Wildman–Crippen MR) is 93.4 cm³/mol. The quantitative estimate of drug-likeness (QED) is 0.595. The van der Waals surface area contributed by atoms with Crippen molar-refractivity contribution in [3.63, 3.8) is 0 Å². The molecule has 0 aliphatic carbocycles. The highest BCUT2D eigenvalue weighted by molar-refractivity contribution is 5.97. The van der Waals surface area contributed by atoms with Crippen molar-refractivity contribution in [1.29, 1.82) is 5.41 Å². The second-order valence-electron chi connectivity index (χ2n) is 4.52. The Morgan fingerprint density at radius 1 is 1.05 bits per heavy atom. The highest BCUT2D eigenvalue weighted by Gasteiger charge is 1.97. The first-order valence-corrected chi connectivity index (χ1v) is 6.60. The molecule has 0 heterocycles. The number of carbonyl (C=O) groups is 1. The molecular weight excluding hydrogens is 298 g/mol. The fourth-order valence-electron chi connectivity index (χ4n) is 1.79. The van der Waals surface area contributed by atoms with Gasteiger partial charge < -0.3 is 10.6 Å². The first-order valence-electron chi connectivity index (χ1n) is 6.60. The van der Waals surface area contributed by atoms with Crippen molar-refractivity contribution in [3.8, 4) is 0 Å². The van der Waals surface area contributed by atoms with Gasteiger partial charge in [-0.05, 0) is 23.8 Å². The van der Waals surface area contributed by atoms with E-state index in [0.717, 1.165) is 16.8 Å². The van der Waals surface area contributed by atoms with Gasteiger partial charge >= 0.3 is 0 Å². The third-order valence-electron chi connectivity index (χ3n) is 2.80. The van der Waals surface area contributed by atoms with Crippen molar-refractivity contribution in [1.82, 2.24) is 5.32 Å². The smallest absolute Gasteiger partial charge is 0.221 e. The SMILES string of the molecule is CC(=O)Nc1ccc(/C=C/NC(=N)c2ccccc2)cc1.Cl. The molecule has 114 valence electrons. The molecule has 0 saturated heterocycles. The lowest BCUT2D eigenvalue weighted by Gasteiger charge is -2.04. The minimum Gasteiger partial charge on any atom is -0.347 e. The zero-order valence-corrected chi connectivity index (χ0v) is 13.0. The van der Waals surface area contributed by atoms with Crippen LogP contribution in [0.5, 0.6) is 0 Å². The Balaban J connectivity index is 0.00000242. The van der Waals surface area contributed by atoms with Crippen molar-refractivity contribution < 1.29 is 4.79 Å². The fraction of sp³-hybridized carbons (Fsp3) is 0.0588. The van der Waals surface area contributed by atoms with Crippen LogP contribution in [0.4, 0.5) is 5.69 Å². The monoisotopic (exact) mass is 315 g/mol. The molecule has 0 fully saturated rings. The average molecular weight is 316 g/mol. The molecule has 0 aliphatic rings. The van der Waals surface area contributed by atoms with Crippen molar-refractivity contribution in [2.45, 2.75) is 6.92 Å². The maximum Gasteiger partial charge on any atom is 0.221 e. The van der Waals surface area contributed by atoms with E-state index in [2.05, 4.69) is 10.6 Å². The van der Waals surface area contributed by atoms with Crippen molar-refractivity contribution in [2.75, 3.05) is 5.32 Å². The molecule has 4 nitrogen and oxygen atoms in total. The summed E-state index contributed by atoms with van der Waals surface area (Å²) in [5, 5.41) is 13.5. The zero-order chi connectivity index (χ0) is 15.1. The summed E-state index contributed by atoms with van der Waals surface area (Å²) < 4.78 is 0. The van der Waals surface area contributed by atoms with Gasteiger partial charge in [-0.15, -0.1) is 12.4 Å². The summed E-state index contributed by atoms with van der Waals surface area (Å²) in [5.74, 6) is 0.262. The van der Waals surface area contributed by atoms with Crippen molar-refractivity contribution in [2.24, 2.45) is 0 Å². The Morgan fingerprint density at radius 2 is 1.68 bits per heavy atom. The van der Waals surface area contributed by atoms with E-state index < -0.39 is 0 Å². The zero-order valence-electron chi connectivity index (χ0n) is 12.2. The van der Waals surface area contributed by atoms with E-state index in [0.29, 0.717) is 5.84 Å². The van der Waals surface area contributed by atoms with E-state index in [4.69, 9.17) is 5.41 Å². The summed E-state index contributed by atoms with van der Waals surface area (Å²) in [5.41, 5.74) is 2.59. The molecule has 0 saturated carbocycles. The van der Waals surface area contributed by atoms with Crippen LogP contribution in [0.2, 0.25) is 0 Å². The van der Waals surface area contributed by atoms with Gasteiger partial charge in [0.25, 0.3) is 0 Å². The van der Waals surface area contributed by atoms with Gasteiger partial charge in [0.1, 0.15) is 5.84 Å². The van der Waals surface area contributed by atoms with Gasteiger partial charge in [0.15, 0.2) is 0 Å². The third-order valence-corrected chi connectivity index (χ3v) is 2.80. The minimum absolute atomic E-state index is 0. The third kappa shape index (κ3) is 5.42. The van der Waals surface area contributed by atoms with Crippen LogP contribution >= 0.6 is 12.4 Å². The fourth-order valence-corrected chi connectivity index (χ4v) is 1.79. The van der Waals surface area contributed by atoms with Crippen LogP contribution in [0.15, 0.2) is 60.8 Å². The summed E-state index contributed by atoms with van der Waals surface area (Å²) in [6.45, 7) is 1.48. The van der Waals surface area contributed by atoms with Gasteiger partial charge in [-0.25, -0.2) is 0 Å². The van der Waals surface area contributed by atoms with E-state index in [1.165, 1.54) is 6.92 Å². The number of benzene rings is 2. The van der Waals surface area contributed by atoms with Crippen molar-refractivity contribution >= 4 is 35.9 Å². The Morgan fingerprint density at radius 3 is 2.27 bits per heavy atom. The van der Waals surface area contributed by atoms with Crippen LogP contribution < -0.4 is 10.6 Å². The van der Waals surface area contributed by atoms with Gasteiger partial charge in [-0.2, -0.15) is 0 Å². The molecule has 0 spiro atoms. The van der Waals surface area contributed by atoms with Gasteiger partial charge in [-0.3, -0.25) is 10.2 Å². The molecule has 2 aromatic rings. The van der Waals surface area contributed by atoms with E-state index in [9.17, 15) is 4.79 Å². The Bertz CT molecular complexity index is 651. The van der Waals surface area contributed by atoms with Gasteiger partial charge in [0, 0.05) is 24.4 Å². The summed E-state index contributed by atoms with van der Waals surface area (Å²) in [7, 11) is 0. The largest absolute Gasteiger partial charge is 0.347 e. The maximum absolute atomic E-state index is 10.9. The minimum atomic E-state index is -0.0868. The van der Waals surface area contributed by atoms with Crippen LogP contribution in [0.3, 0.4) is 0 Å². The number of halogens is 1. The Hall–Kier alpha value is -2.59.